The first kappa shape index (κ1) is 22.1. The summed E-state index contributed by atoms with van der Waals surface area (Å²) in [5.74, 6) is -0.406. The first-order valence-corrected chi connectivity index (χ1v) is 11.2. The van der Waals surface area contributed by atoms with Gasteiger partial charge in [0.25, 0.3) is 0 Å². The summed E-state index contributed by atoms with van der Waals surface area (Å²) < 4.78 is 8.77. The molecule has 0 atom stereocenters. The molecule has 0 bridgehead atoms. The Hall–Kier alpha value is -3.07. The first-order valence-electron chi connectivity index (χ1n) is 10.4. The van der Waals surface area contributed by atoms with Gasteiger partial charge < -0.3 is 20.9 Å². The molecule has 1 aliphatic rings. The molecular formula is C23H26BrN5O3. The fourth-order valence-corrected chi connectivity index (χ4v) is 4.08. The van der Waals surface area contributed by atoms with Gasteiger partial charge in [-0.2, -0.15) is 5.10 Å². The minimum atomic E-state index is -0.989. The van der Waals surface area contributed by atoms with Crippen LogP contribution in [-0.4, -0.2) is 39.0 Å². The molecule has 1 fully saturated rings. The number of aromatic carboxylic acids is 1. The van der Waals surface area contributed by atoms with Gasteiger partial charge in [0.15, 0.2) is 0 Å². The van der Waals surface area contributed by atoms with E-state index in [1.54, 1.807) is 37.0 Å². The summed E-state index contributed by atoms with van der Waals surface area (Å²) in [7, 11) is 1.80. The molecule has 2 heterocycles. The highest BCUT2D eigenvalue weighted by Gasteiger charge is 2.42. The molecule has 32 heavy (non-hydrogen) atoms. The van der Waals surface area contributed by atoms with Gasteiger partial charge >= 0.3 is 5.97 Å². The number of nitrogens with zero attached hydrogens (tertiary/aromatic N) is 3. The first-order chi connectivity index (χ1) is 15.3. The maximum atomic E-state index is 11.4. The highest BCUT2D eigenvalue weighted by atomic mass is 79.9. The van der Waals surface area contributed by atoms with Gasteiger partial charge in [-0.25, -0.2) is 9.48 Å². The highest BCUT2D eigenvalue weighted by molar-refractivity contribution is 9.10. The number of anilines is 2. The van der Waals surface area contributed by atoms with Gasteiger partial charge in [-0.05, 0) is 61.9 Å². The lowest BCUT2D eigenvalue weighted by Gasteiger charge is -2.18. The van der Waals surface area contributed by atoms with Crippen molar-refractivity contribution in [3.63, 3.8) is 0 Å². The van der Waals surface area contributed by atoms with Crippen LogP contribution in [0.5, 0.6) is 5.88 Å². The third-order valence-electron chi connectivity index (χ3n) is 5.86. The quantitative estimate of drug-likeness (QED) is 0.371. The van der Waals surface area contributed by atoms with E-state index in [0.29, 0.717) is 29.4 Å². The number of rotatable bonds is 9. The van der Waals surface area contributed by atoms with E-state index in [9.17, 15) is 9.90 Å². The molecule has 4 N–H and O–H groups in total. The predicted octanol–water partition coefficient (Wildman–Crippen LogP) is 4.49. The Morgan fingerprint density at radius 2 is 2.12 bits per heavy atom. The number of carboxylic acid groups (broad SMARTS) is 1. The Balaban J connectivity index is 1.41. The van der Waals surface area contributed by atoms with Gasteiger partial charge in [0, 0.05) is 23.8 Å². The van der Waals surface area contributed by atoms with Crippen LogP contribution in [0.2, 0.25) is 0 Å². The van der Waals surface area contributed by atoms with Crippen molar-refractivity contribution in [1.82, 2.24) is 14.8 Å². The van der Waals surface area contributed by atoms with Gasteiger partial charge in [0.2, 0.25) is 5.88 Å². The van der Waals surface area contributed by atoms with Gasteiger partial charge in [-0.1, -0.05) is 15.9 Å². The van der Waals surface area contributed by atoms with E-state index in [0.717, 1.165) is 41.7 Å². The number of nitrogens with one attached hydrogen (secondary N) is 1. The molecule has 0 saturated heterocycles. The molecule has 3 aromatic rings. The molecule has 0 spiro atoms. The molecule has 1 saturated carbocycles. The van der Waals surface area contributed by atoms with Crippen molar-refractivity contribution in [2.24, 2.45) is 12.5 Å². The Kier molecular flexibility index (Phi) is 6.10. The fraction of sp³-hybridized carbons (Fsp3) is 0.348. The van der Waals surface area contributed by atoms with E-state index < -0.39 is 5.97 Å². The van der Waals surface area contributed by atoms with Crippen LogP contribution in [0.15, 0.2) is 41.0 Å². The standard InChI is InChI=1S/C23H26BrN5O3/c1-14-9-15(22(30)31)10-19(28-14)17-12-27-29(2)21(17)32-8-7-23(5-6-23)13-26-20-11-16(24)3-4-18(20)25/h3-4,9-12,26H,5-8,13,25H2,1-2H3,(H,30,31). The SMILES string of the molecule is Cc1cc(C(=O)O)cc(-c2cnn(C)c2OCCC2(CNc3cc(Br)ccc3N)CC2)n1. The maximum absolute atomic E-state index is 11.4. The average molecular weight is 500 g/mol. The van der Waals surface area contributed by atoms with Crippen molar-refractivity contribution in [1.29, 1.82) is 0 Å². The second kappa shape index (κ2) is 8.82. The van der Waals surface area contributed by atoms with Crippen molar-refractivity contribution in [3.05, 3.63) is 52.3 Å². The zero-order chi connectivity index (χ0) is 22.9. The molecule has 0 amide bonds. The van der Waals surface area contributed by atoms with Crippen molar-refractivity contribution >= 4 is 33.3 Å². The van der Waals surface area contributed by atoms with Gasteiger partial charge in [-0.3, -0.25) is 4.98 Å². The van der Waals surface area contributed by atoms with E-state index in [1.165, 1.54) is 0 Å². The maximum Gasteiger partial charge on any atom is 0.335 e. The predicted molar refractivity (Wildman–Crippen MR) is 127 cm³/mol. The third kappa shape index (κ3) is 4.88. The lowest BCUT2D eigenvalue weighted by molar-refractivity contribution is 0.0696. The van der Waals surface area contributed by atoms with Crippen LogP contribution in [0.4, 0.5) is 11.4 Å². The topological polar surface area (TPSA) is 115 Å². The number of pyridine rings is 1. The minimum Gasteiger partial charge on any atom is -0.478 e. The van der Waals surface area contributed by atoms with Crippen molar-refractivity contribution in [2.75, 3.05) is 24.2 Å². The van der Waals surface area contributed by atoms with Crippen molar-refractivity contribution < 1.29 is 14.6 Å². The van der Waals surface area contributed by atoms with Gasteiger partial charge in [0.1, 0.15) is 0 Å². The number of nitrogens with two attached hydrogens (primary N) is 1. The van der Waals surface area contributed by atoms with Crippen LogP contribution in [0, 0.1) is 12.3 Å². The number of benzene rings is 1. The smallest absolute Gasteiger partial charge is 0.335 e. The molecule has 0 radical (unpaired) electrons. The Labute approximate surface area is 194 Å². The lowest BCUT2D eigenvalue weighted by Crippen LogP contribution is -2.19. The summed E-state index contributed by atoms with van der Waals surface area (Å²) >= 11 is 3.48. The second-order valence-corrected chi connectivity index (χ2v) is 9.27. The van der Waals surface area contributed by atoms with Crippen LogP contribution >= 0.6 is 15.9 Å². The fourth-order valence-electron chi connectivity index (χ4n) is 3.72. The number of hydrogen-bond donors (Lipinski definition) is 3. The van der Waals surface area contributed by atoms with Crippen LogP contribution in [-0.2, 0) is 7.05 Å². The molecule has 1 aromatic carbocycles. The van der Waals surface area contributed by atoms with Crippen molar-refractivity contribution in [3.8, 4) is 17.1 Å². The highest BCUT2D eigenvalue weighted by Crippen LogP contribution is 2.49. The van der Waals surface area contributed by atoms with E-state index in [1.807, 2.05) is 18.2 Å². The number of carbonyl (C=O) groups is 1. The monoisotopic (exact) mass is 499 g/mol. The molecule has 0 aliphatic heterocycles. The molecule has 168 valence electrons. The molecule has 9 heteroatoms. The molecule has 8 nitrogen and oxygen atoms in total. The Morgan fingerprint density at radius 3 is 2.84 bits per heavy atom. The van der Waals surface area contributed by atoms with Crippen LogP contribution < -0.4 is 15.8 Å². The summed E-state index contributed by atoms with van der Waals surface area (Å²) in [6.45, 7) is 3.13. The number of ether oxygens (including phenoxy) is 1. The molecule has 0 unspecified atom stereocenters. The normalized spacial score (nSPS) is 14.2. The molecular weight excluding hydrogens is 474 g/mol. The Morgan fingerprint density at radius 1 is 1.34 bits per heavy atom. The summed E-state index contributed by atoms with van der Waals surface area (Å²) in [6.07, 6.45) is 4.82. The number of halogens is 1. The van der Waals surface area contributed by atoms with E-state index >= 15 is 0 Å². The number of hydrogen-bond acceptors (Lipinski definition) is 6. The summed E-state index contributed by atoms with van der Waals surface area (Å²) in [6, 6.07) is 8.89. The van der Waals surface area contributed by atoms with E-state index in [4.69, 9.17) is 10.5 Å². The van der Waals surface area contributed by atoms with E-state index in [-0.39, 0.29) is 11.0 Å². The molecule has 1 aliphatic carbocycles. The number of aromatic nitrogens is 3. The van der Waals surface area contributed by atoms with Gasteiger partial charge in [-0.15, -0.1) is 0 Å². The van der Waals surface area contributed by atoms with Crippen LogP contribution in [0.25, 0.3) is 11.3 Å². The number of aryl methyl sites for hydroxylation is 2. The zero-order valence-corrected chi connectivity index (χ0v) is 19.6. The minimum absolute atomic E-state index is 0.186. The second-order valence-electron chi connectivity index (χ2n) is 8.36. The van der Waals surface area contributed by atoms with Crippen molar-refractivity contribution in [2.45, 2.75) is 26.2 Å². The Bertz CT molecular complexity index is 1160. The van der Waals surface area contributed by atoms with E-state index in [2.05, 4.69) is 31.3 Å². The third-order valence-corrected chi connectivity index (χ3v) is 6.35. The lowest BCUT2D eigenvalue weighted by atomic mass is 10.0. The molecule has 2 aromatic heterocycles. The van der Waals surface area contributed by atoms with Gasteiger partial charge in [0.05, 0.1) is 41.0 Å². The number of carboxylic acids is 1. The number of nitrogen functional groups attached to an aromatic ring is 1. The molecule has 4 rings (SSSR count). The largest absolute Gasteiger partial charge is 0.478 e. The zero-order valence-electron chi connectivity index (χ0n) is 18.1. The van der Waals surface area contributed by atoms with Crippen LogP contribution in [0.1, 0.15) is 35.3 Å². The summed E-state index contributed by atoms with van der Waals surface area (Å²) in [4.78, 5) is 15.9. The summed E-state index contributed by atoms with van der Waals surface area (Å²) in [5, 5.41) is 17.1. The van der Waals surface area contributed by atoms with Crippen LogP contribution in [0.3, 0.4) is 0 Å². The average Bonchev–Trinajstić information content (AvgIpc) is 3.43. The summed E-state index contributed by atoms with van der Waals surface area (Å²) in [5.41, 5.74) is 9.96.